The molecule has 0 radical (unpaired) electrons. The Bertz CT molecular complexity index is 1030. The maximum absolute atomic E-state index is 13.4. The topological polar surface area (TPSA) is 91.7 Å². The predicted molar refractivity (Wildman–Crippen MR) is 146 cm³/mol. The number of hydrogen-bond donors (Lipinski definition) is 2. The number of nitrogens with zero attached hydrogens (tertiary/aromatic N) is 4. The van der Waals surface area contributed by atoms with E-state index in [4.69, 9.17) is 11.5 Å². The Labute approximate surface area is 215 Å². The molecule has 4 heterocycles. The van der Waals surface area contributed by atoms with E-state index in [0.29, 0.717) is 11.9 Å². The second-order valence-electron chi connectivity index (χ2n) is 9.77. The van der Waals surface area contributed by atoms with Gasteiger partial charge in [0.05, 0.1) is 11.4 Å². The zero-order valence-corrected chi connectivity index (χ0v) is 21.4. The van der Waals surface area contributed by atoms with E-state index in [1.165, 1.54) is 17.6 Å². The molecule has 7 nitrogen and oxygen atoms in total. The first-order valence-electron chi connectivity index (χ1n) is 13.2. The van der Waals surface area contributed by atoms with Crippen LogP contribution in [0.1, 0.15) is 44.7 Å². The van der Waals surface area contributed by atoms with E-state index in [1.807, 2.05) is 31.3 Å². The molecule has 0 bridgehead atoms. The number of hydrogen-bond acceptors (Lipinski definition) is 6. The fraction of sp³-hybridized carbons (Fsp3) is 0.448. The Hall–Kier alpha value is -3.32. The minimum Gasteiger partial charge on any atom is -0.405 e. The molecule has 0 atom stereocenters. The maximum atomic E-state index is 13.4. The van der Waals surface area contributed by atoms with Crippen molar-refractivity contribution in [1.29, 1.82) is 0 Å². The first-order chi connectivity index (χ1) is 17.6. The van der Waals surface area contributed by atoms with E-state index < -0.39 is 0 Å². The van der Waals surface area contributed by atoms with Crippen molar-refractivity contribution in [1.82, 2.24) is 19.7 Å². The molecule has 1 aromatic heterocycles. The summed E-state index contributed by atoms with van der Waals surface area (Å²) >= 11 is 0. The number of piperidine rings is 2. The first-order valence-corrected chi connectivity index (χ1v) is 13.2. The number of amides is 1. The van der Waals surface area contributed by atoms with Crippen LogP contribution in [0.3, 0.4) is 0 Å². The Morgan fingerprint density at radius 1 is 1.11 bits per heavy atom. The molecule has 192 valence electrons. The lowest BCUT2D eigenvalue weighted by Gasteiger charge is -2.41. The van der Waals surface area contributed by atoms with Gasteiger partial charge in [-0.15, -0.1) is 0 Å². The normalized spacial score (nSPS) is 22.3. The molecule has 3 aliphatic heterocycles. The molecule has 0 spiro atoms. The summed E-state index contributed by atoms with van der Waals surface area (Å²) < 4.78 is 0. The molecule has 0 aromatic carbocycles. The molecule has 2 fully saturated rings. The van der Waals surface area contributed by atoms with E-state index in [2.05, 4.69) is 50.1 Å². The Morgan fingerprint density at radius 2 is 1.89 bits per heavy atom. The van der Waals surface area contributed by atoms with Gasteiger partial charge in [0.1, 0.15) is 0 Å². The van der Waals surface area contributed by atoms with E-state index >= 15 is 0 Å². The molecular weight excluding hydrogens is 448 g/mol. The van der Waals surface area contributed by atoms with Crippen molar-refractivity contribution in [2.75, 3.05) is 32.7 Å². The van der Waals surface area contributed by atoms with Crippen LogP contribution in [0.15, 0.2) is 78.4 Å². The van der Waals surface area contributed by atoms with Crippen LogP contribution in [-0.2, 0) is 4.79 Å². The van der Waals surface area contributed by atoms with Gasteiger partial charge in [-0.2, -0.15) is 0 Å². The molecule has 0 unspecified atom stereocenters. The van der Waals surface area contributed by atoms with Crippen LogP contribution in [0.2, 0.25) is 0 Å². The number of allylic oxidation sites excluding steroid dienone is 4. The Morgan fingerprint density at radius 3 is 2.53 bits per heavy atom. The van der Waals surface area contributed by atoms with Gasteiger partial charge in [-0.3, -0.25) is 14.7 Å². The second kappa shape index (κ2) is 12.6. The fourth-order valence-electron chi connectivity index (χ4n) is 5.57. The standard InChI is InChI=1S/C29H40N6O/c1-2-3-6-25-8-9-28(27-7-4-5-16-32-27)35(25)26-13-19-34(20-14-26)29(36)24-11-17-33(18-12-24)22-23(21-31)10-15-30/h2-7,9-10,15-16,21,24,26H,8,11-14,17-20,22,30-31H2,1H3/b3-2-,15-10-,23-21+,25-6+. The van der Waals surface area contributed by atoms with E-state index in [1.54, 1.807) is 6.20 Å². The zero-order chi connectivity index (χ0) is 25.3. The molecular formula is C29H40N6O. The van der Waals surface area contributed by atoms with Crippen molar-refractivity contribution in [3.8, 4) is 0 Å². The first kappa shape index (κ1) is 25.8. The van der Waals surface area contributed by atoms with Crippen LogP contribution in [-0.4, -0.2) is 64.4 Å². The molecule has 1 aromatic rings. The van der Waals surface area contributed by atoms with Gasteiger partial charge in [0.15, 0.2) is 0 Å². The molecule has 4 rings (SSSR count). The fourth-order valence-corrected chi connectivity index (χ4v) is 5.57. The highest BCUT2D eigenvalue weighted by Crippen LogP contribution is 2.37. The number of carbonyl (C=O) groups is 1. The van der Waals surface area contributed by atoms with Gasteiger partial charge in [-0.25, -0.2) is 0 Å². The third kappa shape index (κ3) is 6.08. The van der Waals surface area contributed by atoms with E-state index in [0.717, 1.165) is 76.1 Å². The van der Waals surface area contributed by atoms with E-state index in [-0.39, 0.29) is 5.92 Å². The zero-order valence-electron chi connectivity index (χ0n) is 21.4. The summed E-state index contributed by atoms with van der Waals surface area (Å²) in [6.45, 7) is 6.27. The lowest BCUT2D eigenvalue weighted by molar-refractivity contribution is -0.138. The largest absolute Gasteiger partial charge is 0.405 e. The van der Waals surface area contributed by atoms with Crippen LogP contribution >= 0.6 is 0 Å². The van der Waals surface area contributed by atoms with Gasteiger partial charge >= 0.3 is 0 Å². The lowest BCUT2D eigenvalue weighted by atomic mass is 9.93. The van der Waals surface area contributed by atoms with Crippen molar-refractivity contribution in [3.05, 3.63) is 84.1 Å². The second-order valence-corrected chi connectivity index (χ2v) is 9.77. The Kier molecular flexibility index (Phi) is 9.01. The molecule has 36 heavy (non-hydrogen) atoms. The highest BCUT2D eigenvalue weighted by Gasteiger charge is 2.35. The van der Waals surface area contributed by atoms with Crippen LogP contribution in [0.25, 0.3) is 5.70 Å². The number of carbonyl (C=O) groups excluding carboxylic acids is 1. The minimum atomic E-state index is 0.120. The number of rotatable bonds is 7. The molecule has 1 amide bonds. The molecule has 7 heteroatoms. The number of pyridine rings is 1. The van der Waals surface area contributed by atoms with Gasteiger partial charge in [-0.1, -0.05) is 24.3 Å². The van der Waals surface area contributed by atoms with Crippen LogP contribution in [0.4, 0.5) is 0 Å². The van der Waals surface area contributed by atoms with Gasteiger partial charge in [0, 0.05) is 49.9 Å². The summed E-state index contributed by atoms with van der Waals surface area (Å²) in [4.78, 5) is 24.9. The summed E-state index contributed by atoms with van der Waals surface area (Å²) in [6.07, 6.45) is 20.2. The molecule has 0 saturated carbocycles. The molecule has 2 saturated heterocycles. The minimum absolute atomic E-state index is 0.120. The van der Waals surface area contributed by atoms with Gasteiger partial charge in [0.25, 0.3) is 0 Å². The SMILES string of the molecule is C/C=C\C=C1/CC=C(c2ccccn2)N1C1CCN(C(=O)C2CCN(CC(/C=C\N)=C/N)CC2)CC1. The van der Waals surface area contributed by atoms with Gasteiger partial charge in [0.2, 0.25) is 5.91 Å². The van der Waals surface area contributed by atoms with Crippen molar-refractivity contribution < 1.29 is 4.79 Å². The highest BCUT2D eigenvalue weighted by atomic mass is 16.2. The van der Waals surface area contributed by atoms with Gasteiger partial charge < -0.3 is 21.3 Å². The summed E-state index contributed by atoms with van der Waals surface area (Å²) in [5.74, 6) is 0.449. The van der Waals surface area contributed by atoms with Crippen molar-refractivity contribution in [2.24, 2.45) is 17.4 Å². The summed E-state index contributed by atoms with van der Waals surface area (Å²) in [5.41, 5.74) is 15.7. The third-order valence-electron chi connectivity index (χ3n) is 7.49. The lowest BCUT2D eigenvalue weighted by Crippen LogP contribution is -2.48. The third-order valence-corrected chi connectivity index (χ3v) is 7.49. The predicted octanol–water partition coefficient (Wildman–Crippen LogP) is 3.61. The van der Waals surface area contributed by atoms with Crippen molar-refractivity contribution in [3.63, 3.8) is 0 Å². The molecule has 0 aliphatic carbocycles. The van der Waals surface area contributed by atoms with Crippen LogP contribution in [0, 0.1) is 5.92 Å². The Balaban J connectivity index is 1.34. The van der Waals surface area contributed by atoms with E-state index in [9.17, 15) is 4.79 Å². The van der Waals surface area contributed by atoms with Crippen molar-refractivity contribution in [2.45, 2.75) is 45.1 Å². The number of nitrogens with two attached hydrogens (primary N) is 2. The monoisotopic (exact) mass is 488 g/mol. The quantitative estimate of drug-likeness (QED) is 0.570. The average Bonchev–Trinajstić information content (AvgIpc) is 3.36. The van der Waals surface area contributed by atoms with Crippen LogP contribution in [0.5, 0.6) is 0 Å². The summed E-state index contributed by atoms with van der Waals surface area (Å²) in [5, 5.41) is 0. The molecule has 3 aliphatic rings. The summed E-state index contributed by atoms with van der Waals surface area (Å²) in [7, 11) is 0. The average molecular weight is 489 g/mol. The number of likely N-dealkylation sites (tertiary alicyclic amines) is 2. The summed E-state index contributed by atoms with van der Waals surface area (Å²) in [6, 6.07) is 6.46. The smallest absolute Gasteiger partial charge is 0.225 e. The number of aromatic nitrogens is 1. The highest BCUT2D eigenvalue weighted by molar-refractivity contribution is 5.79. The molecule has 4 N–H and O–H groups in total. The van der Waals surface area contributed by atoms with Crippen LogP contribution < -0.4 is 11.5 Å². The van der Waals surface area contributed by atoms with Crippen molar-refractivity contribution >= 4 is 11.6 Å². The van der Waals surface area contributed by atoms with Gasteiger partial charge in [-0.05, 0) is 88.0 Å². The maximum Gasteiger partial charge on any atom is 0.225 e.